The highest BCUT2D eigenvalue weighted by Crippen LogP contribution is 2.04. The second kappa shape index (κ2) is 7.84. The average Bonchev–Trinajstić information content (AvgIpc) is 2.20. The number of carboxylic acids is 1. The quantitative estimate of drug-likeness (QED) is 0.620. The fourth-order valence-corrected chi connectivity index (χ4v) is 1.11. The minimum atomic E-state index is -2.61. The van der Waals surface area contributed by atoms with Crippen LogP contribution in [0.4, 0.5) is 13.6 Å². The molecule has 0 spiro atoms. The van der Waals surface area contributed by atoms with Crippen LogP contribution in [0, 0.1) is 5.92 Å². The Balaban J connectivity index is 3.82. The van der Waals surface area contributed by atoms with Crippen LogP contribution in [0.3, 0.4) is 0 Å². The average molecular weight is 238 g/mol. The van der Waals surface area contributed by atoms with Crippen molar-refractivity contribution >= 4 is 12.0 Å². The van der Waals surface area contributed by atoms with Gasteiger partial charge in [0.2, 0.25) is 0 Å². The molecular formula is C9H16F2N2O3. The molecule has 0 aliphatic heterocycles. The third-order valence-corrected chi connectivity index (χ3v) is 1.91. The van der Waals surface area contributed by atoms with E-state index in [0.29, 0.717) is 12.8 Å². The van der Waals surface area contributed by atoms with Crippen molar-refractivity contribution in [3.05, 3.63) is 0 Å². The fraction of sp³-hybridized carbons (Fsp3) is 0.778. The van der Waals surface area contributed by atoms with E-state index in [1.54, 1.807) is 0 Å². The zero-order valence-electron chi connectivity index (χ0n) is 9.00. The molecule has 94 valence electrons. The molecule has 1 unspecified atom stereocenters. The van der Waals surface area contributed by atoms with Gasteiger partial charge in [-0.1, -0.05) is 13.3 Å². The molecule has 0 bridgehead atoms. The summed E-state index contributed by atoms with van der Waals surface area (Å²) in [6, 6.07) is -0.775. The summed E-state index contributed by atoms with van der Waals surface area (Å²) in [5.74, 6) is -1.68. The normalized spacial score (nSPS) is 12.2. The van der Waals surface area contributed by atoms with Gasteiger partial charge >= 0.3 is 12.0 Å². The number of amides is 2. The first-order valence-electron chi connectivity index (χ1n) is 5.00. The van der Waals surface area contributed by atoms with Crippen LogP contribution in [0.5, 0.6) is 0 Å². The van der Waals surface area contributed by atoms with Crippen LogP contribution in [-0.4, -0.2) is 36.6 Å². The number of hydrogen-bond acceptors (Lipinski definition) is 2. The van der Waals surface area contributed by atoms with Gasteiger partial charge in [0.1, 0.15) is 0 Å². The van der Waals surface area contributed by atoms with Crippen molar-refractivity contribution in [2.75, 3.05) is 13.1 Å². The van der Waals surface area contributed by atoms with E-state index in [-0.39, 0.29) is 6.54 Å². The lowest BCUT2D eigenvalue weighted by atomic mass is 10.0. The van der Waals surface area contributed by atoms with E-state index in [9.17, 15) is 18.4 Å². The number of carbonyl (C=O) groups is 2. The first-order valence-corrected chi connectivity index (χ1v) is 5.00. The molecule has 16 heavy (non-hydrogen) atoms. The van der Waals surface area contributed by atoms with Crippen LogP contribution < -0.4 is 10.6 Å². The predicted octanol–water partition coefficient (Wildman–Crippen LogP) is 1.05. The van der Waals surface area contributed by atoms with Crippen molar-refractivity contribution in [2.24, 2.45) is 5.92 Å². The number of hydrogen-bond donors (Lipinski definition) is 3. The number of halogens is 2. The number of alkyl halides is 2. The molecule has 1 atom stereocenters. The molecule has 0 rings (SSSR count). The molecule has 0 saturated carbocycles. The minimum absolute atomic E-state index is 0.0573. The number of rotatable bonds is 7. The zero-order chi connectivity index (χ0) is 12.6. The lowest BCUT2D eigenvalue weighted by molar-refractivity contribution is -0.141. The fourth-order valence-electron chi connectivity index (χ4n) is 1.11. The monoisotopic (exact) mass is 238 g/mol. The molecule has 0 aromatic carbocycles. The number of urea groups is 1. The van der Waals surface area contributed by atoms with Crippen LogP contribution >= 0.6 is 0 Å². The molecule has 3 N–H and O–H groups in total. The van der Waals surface area contributed by atoms with Crippen LogP contribution in [0.2, 0.25) is 0 Å². The van der Waals surface area contributed by atoms with Crippen LogP contribution in [0.25, 0.3) is 0 Å². The molecule has 7 heteroatoms. The molecule has 0 radical (unpaired) electrons. The van der Waals surface area contributed by atoms with Gasteiger partial charge in [-0.3, -0.25) is 4.79 Å². The lowest BCUT2D eigenvalue weighted by Gasteiger charge is -2.12. The summed E-state index contributed by atoms with van der Waals surface area (Å²) in [5, 5.41) is 12.9. The van der Waals surface area contributed by atoms with Crippen molar-refractivity contribution in [2.45, 2.75) is 26.2 Å². The Morgan fingerprint density at radius 2 is 1.81 bits per heavy atom. The second-order valence-electron chi connectivity index (χ2n) is 3.31. The van der Waals surface area contributed by atoms with Crippen molar-refractivity contribution in [3.63, 3.8) is 0 Å². The van der Waals surface area contributed by atoms with Gasteiger partial charge in [-0.25, -0.2) is 13.6 Å². The first kappa shape index (κ1) is 14.6. The van der Waals surface area contributed by atoms with Gasteiger partial charge in [0.25, 0.3) is 6.43 Å². The largest absolute Gasteiger partial charge is 0.481 e. The summed E-state index contributed by atoms with van der Waals surface area (Å²) in [6.45, 7) is 1.03. The molecule has 0 aromatic heterocycles. The van der Waals surface area contributed by atoms with E-state index in [4.69, 9.17) is 5.11 Å². The number of carbonyl (C=O) groups excluding carboxylic acids is 1. The summed E-state index contributed by atoms with van der Waals surface area (Å²) >= 11 is 0. The molecule has 0 aliphatic rings. The molecular weight excluding hydrogens is 222 g/mol. The van der Waals surface area contributed by atoms with Gasteiger partial charge in [0, 0.05) is 6.54 Å². The predicted molar refractivity (Wildman–Crippen MR) is 53.4 cm³/mol. The molecule has 0 aromatic rings. The van der Waals surface area contributed by atoms with E-state index in [1.165, 1.54) is 0 Å². The molecule has 0 fully saturated rings. The van der Waals surface area contributed by atoms with Crippen molar-refractivity contribution < 1.29 is 23.5 Å². The number of aliphatic carboxylic acids is 1. The number of nitrogens with one attached hydrogen (secondary N) is 2. The maximum atomic E-state index is 11.7. The van der Waals surface area contributed by atoms with E-state index in [0.717, 1.165) is 0 Å². The Hall–Kier alpha value is -1.40. The SMILES string of the molecule is CCCC(CNC(=O)NCC(F)F)C(=O)O. The maximum Gasteiger partial charge on any atom is 0.315 e. The Morgan fingerprint density at radius 1 is 1.25 bits per heavy atom. The summed E-state index contributed by atoms with van der Waals surface area (Å²) in [5.41, 5.74) is 0. The highest BCUT2D eigenvalue weighted by Gasteiger charge is 2.17. The first-order chi connectivity index (χ1) is 7.47. The van der Waals surface area contributed by atoms with Gasteiger partial charge in [0.05, 0.1) is 12.5 Å². The van der Waals surface area contributed by atoms with Gasteiger partial charge < -0.3 is 15.7 Å². The van der Waals surface area contributed by atoms with Crippen molar-refractivity contribution in [1.82, 2.24) is 10.6 Å². The summed E-state index contributed by atoms with van der Waals surface area (Å²) in [6.07, 6.45) is -1.50. The second-order valence-corrected chi connectivity index (χ2v) is 3.31. The van der Waals surface area contributed by atoms with Crippen LogP contribution in [0.1, 0.15) is 19.8 Å². The third-order valence-electron chi connectivity index (χ3n) is 1.91. The summed E-state index contributed by atoms with van der Waals surface area (Å²) in [4.78, 5) is 21.6. The van der Waals surface area contributed by atoms with Crippen LogP contribution in [-0.2, 0) is 4.79 Å². The van der Waals surface area contributed by atoms with Crippen molar-refractivity contribution in [1.29, 1.82) is 0 Å². The Kier molecular flexibility index (Phi) is 7.15. The molecule has 2 amide bonds. The zero-order valence-corrected chi connectivity index (χ0v) is 9.00. The molecule has 5 nitrogen and oxygen atoms in total. The van der Waals surface area contributed by atoms with E-state index < -0.39 is 30.9 Å². The van der Waals surface area contributed by atoms with Gasteiger partial charge in [0.15, 0.2) is 0 Å². The molecule has 0 saturated heterocycles. The Labute approximate surface area is 92.2 Å². The van der Waals surface area contributed by atoms with Gasteiger partial charge in [-0.15, -0.1) is 0 Å². The summed E-state index contributed by atoms with van der Waals surface area (Å²) < 4.78 is 23.4. The van der Waals surface area contributed by atoms with Crippen LogP contribution in [0.15, 0.2) is 0 Å². The highest BCUT2D eigenvalue weighted by molar-refractivity contribution is 5.75. The molecule has 0 aliphatic carbocycles. The topological polar surface area (TPSA) is 78.4 Å². The third kappa shape index (κ3) is 6.97. The summed E-state index contributed by atoms with van der Waals surface area (Å²) in [7, 11) is 0. The van der Waals surface area contributed by atoms with Crippen molar-refractivity contribution in [3.8, 4) is 0 Å². The van der Waals surface area contributed by atoms with E-state index >= 15 is 0 Å². The van der Waals surface area contributed by atoms with E-state index in [2.05, 4.69) is 5.32 Å². The maximum absolute atomic E-state index is 11.7. The lowest BCUT2D eigenvalue weighted by Crippen LogP contribution is -2.41. The van der Waals surface area contributed by atoms with Gasteiger partial charge in [-0.2, -0.15) is 0 Å². The molecule has 0 heterocycles. The van der Waals surface area contributed by atoms with Gasteiger partial charge in [-0.05, 0) is 6.42 Å². The smallest absolute Gasteiger partial charge is 0.315 e. The standard InChI is InChI=1S/C9H16F2N2O3/c1-2-3-6(8(14)15)4-12-9(16)13-5-7(10)11/h6-7H,2-5H2,1H3,(H,14,15)(H2,12,13,16). The highest BCUT2D eigenvalue weighted by atomic mass is 19.3. The Bertz CT molecular complexity index is 237. The Morgan fingerprint density at radius 3 is 2.25 bits per heavy atom. The number of carboxylic acid groups (broad SMARTS) is 1. The van der Waals surface area contributed by atoms with E-state index in [1.807, 2.05) is 12.2 Å². The minimum Gasteiger partial charge on any atom is -0.481 e.